The summed E-state index contributed by atoms with van der Waals surface area (Å²) in [5.74, 6) is 0.136. The molecule has 1 amide bonds. The number of hydrogen-bond donors (Lipinski definition) is 1. The molecule has 2 fully saturated rings. The zero-order valence-electron chi connectivity index (χ0n) is 17.5. The molecule has 2 saturated heterocycles. The number of nitrogens with zero attached hydrogens (tertiary/aromatic N) is 1. The second-order valence-electron chi connectivity index (χ2n) is 8.59. The Labute approximate surface area is 188 Å². The summed E-state index contributed by atoms with van der Waals surface area (Å²) in [4.78, 5) is 14.9. The van der Waals surface area contributed by atoms with E-state index in [1.807, 2.05) is 17.0 Å². The van der Waals surface area contributed by atoms with Crippen LogP contribution in [0.5, 0.6) is 0 Å². The lowest BCUT2D eigenvalue weighted by Crippen LogP contribution is -2.43. The van der Waals surface area contributed by atoms with Crippen LogP contribution in [0, 0.1) is 0 Å². The van der Waals surface area contributed by atoms with Crippen molar-refractivity contribution in [2.45, 2.75) is 44.1 Å². The third kappa shape index (κ3) is 5.13. The van der Waals surface area contributed by atoms with Crippen LogP contribution in [-0.2, 0) is 16.8 Å². The number of ether oxygens (including phenoxy) is 1. The molecule has 0 radical (unpaired) electrons. The average Bonchev–Trinajstić information content (AvgIpc) is 2.80. The smallest absolute Gasteiger partial charge is 0.253 e. The Morgan fingerprint density at radius 3 is 2.50 bits per heavy atom. The number of halogens is 1. The van der Waals surface area contributed by atoms with Crippen LogP contribution in [0.2, 0.25) is 0 Å². The number of nitrogens with one attached hydrogen (secondary N) is 1. The summed E-state index contributed by atoms with van der Waals surface area (Å²) in [5, 5.41) is 3.47. The van der Waals surface area contributed by atoms with Gasteiger partial charge in [0.25, 0.3) is 5.91 Å². The third-order valence-corrected chi connectivity index (χ3v) is 6.90. The first-order chi connectivity index (χ1) is 14.7. The third-order valence-electron chi connectivity index (χ3n) is 6.44. The van der Waals surface area contributed by atoms with E-state index in [2.05, 4.69) is 57.6 Å². The fourth-order valence-corrected chi connectivity index (χ4v) is 5.26. The summed E-state index contributed by atoms with van der Waals surface area (Å²) in [6.45, 7) is 4.98. The highest BCUT2D eigenvalue weighted by molar-refractivity contribution is 9.10. The monoisotopic (exact) mass is 470 g/mol. The molecule has 160 valence electrons. The van der Waals surface area contributed by atoms with Crippen molar-refractivity contribution >= 4 is 21.8 Å². The summed E-state index contributed by atoms with van der Waals surface area (Å²) in [5.41, 5.74) is 3.22. The van der Waals surface area contributed by atoms with E-state index in [1.54, 1.807) is 0 Å². The quantitative estimate of drug-likeness (QED) is 0.651. The van der Waals surface area contributed by atoms with Gasteiger partial charge in [0.2, 0.25) is 0 Å². The first-order valence-corrected chi connectivity index (χ1v) is 11.9. The molecule has 30 heavy (non-hydrogen) atoms. The van der Waals surface area contributed by atoms with Crippen molar-refractivity contribution in [2.24, 2.45) is 0 Å². The summed E-state index contributed by atoms with van der Waals surface area (Å²) >= 11 is 3.59. The zero-order chi connectivity index (χ0) is 20.8. The molecule has 2 aromatic rings. The minimum atomic E-state index is 0.0605. The van der Waals surface area contributed by atoms with Crippen LogP contribution >= 0.6 is 15.9 Å². The summed E-state index contributed by atoms with van der Waals surface area (Å²) < 4.78 is 7.21. The van der Waals surface area contributed by atoms with Gasteiger partial charge in [-0.05, 0) is 74.5 Å². The van der Waals surface area contributed by atoms with Crippen LogP contribution in [0.15, 0.2) is 53.0 Å². The van der Waals surface area contributed by atoms with Crippen molar-refractivity contribution in [3.05, 3.63) is 69.7 Å². The van der Waals surface area contributed by atoms with Gasteiger partial charge in [-0.2, -0.15) is 0 Å². The number of piperidine rings is 2. The Bertz CT molecular complexity index is 843. The van der Waals surface area contributed by atoms with Crippen LogP contribution in [0.4, 0.5) is 0 Å². The Balaban J connectivity index is 1.44. The lowest BCUT2D eigenvalue weighted by atomic mass is 9.74. The molecule has 2 aliphatic heterocycles. The van der Waals surface area contributed by atoms with Crippen molar-refractivity contribution in [3.8, 4) is 0 Å². The van der Waals surface area contributed by atoms with E-state index in [4.69, 9.17) is 4.74 Å². The minimum absolute atomic E-state index is 0.0605. The van der Waals surface area contributed by atoms with Crippen molar-refractivity contribution in [1.29, 1.82) is 0 Å². The van der Waals surface area contributed by atoms with E-state index in [0.29, 0.717) is 13.2 Å². The lowest BCUT2D eigenvalue weighted by Gasteiger charge is -2.38. The van der Waals surface area contributed by atoms with Crippen molar-refractivity contribution in [1.82, 2.24) is 10.2 Å². The predicted molar refractivity (Wildman–Crippen MR) is 124 cm³/mol. The van der Waals surface area contributed by atoms with Gasteiger partial charge < -0.3 is 15.0 Å². The number of hydrogen-bond acceptors (Lipinski definition) is 3. The number of rotatable bonds is 6. The second-order valence-corrected chi connectivity index (χ2v) is 9.51. The number of carbonyl (C=O) groups excluding carboxylic acids is 1. The molecule has 4 nitrogen and oxygen atoms in total. The van der Waals surface area contributed by atoms with Crippen LogP contribution in [0.3, 0.4) is 0 Å². The Kier molecular flexibility index (Phi) is 7.24. The van der Waals surface area contributed by atoms with Gasteiger partial charge in [-0.1, -0.05) is 46.3 Å². The van der Waals surface area contributed by atoms with Gasteiger partial charge in [-0.25, -0.2) is 0 Å². The maximum absolute atomic E-state index is 12.9. The lowest BCUT2D eigenvalue weighted by molar-refractivity contribution is 0.0563. The average molecular weight is 471 g/mol. The molecule has 0 saturated carbocycles. The number of likely N-dealkylation sites (tertiary alicyclic amines) is 1. The molecule has 2 aliphatic rings. The molecule has 4 rings (SSSR count). The fourth-order valence-electron chi connectivity index (χ4n) is 4.71. The molecule has 0 bridgehead atoms. The van der Waals surface area contributed by atoms with Crippen LogP contribution in [-0.4, -0.2) is 43.6 Å². The van der Waals surface area contributed by atoms with Gasteiger partial charge >= 0.3 is 0 Å². The van der Waals surface area contributed by atoms with Gasteiger partial charge in [0.05, 0.1) is 13.2 Å². The zero-order valence-corrected chi connectivity index (χ0v) is 19.1. The highest BCUT2D eigenvalue weighted by Crippen LogP contribution is 2.34. The van der Waals surface area contributed by atoms with E-state index in [-0.39, 0.29) is 11.3 Å². The number of benzene rings is 2. The topological polar surface area (TPSA) is 41.6 Å². The molecule has 1 N–H and O–H groups in total. The van der Waals surface area contributed by atoms with Crippen molar-refractivity contribution in [2.75, 3.05) is 32.8 Å². The molecular weight excluding hydrogens is 440 g/mol. The van der Waals surface area contributed by atoms with E-state index < -0.39 is 0 Å². The van der Waals surface area contributed by atoms with Gasteiger partial charge in [-0.3, -0.25) is 4.79 Å². The Morgan fingerprint density at radius 1 is 1.03 bits per heavy atom. The molecule has 5 heteroatoms. The Morgan fingerprint density at radius 2 is 1.77 bits per heavy atom. The molecule has 0 aromatic heterocycles. The minimum Gasteiger partial charge on any atom is -0.376 e. The molecule has 0 aliphatic carbocycles. The van der Waals surface area contributed by atoms with Crippen molar-refractivity contribution in [3.63, 3.8) is 0 Å². The van der Waals surface area contributed by atoms with Gasteiger partial charge in [0.1, 0.15) is 0 Å². The van der Waals surface area contributed by atoms with Crippen molar-refractivity contribution < 1.29 is 9.53 Å². The number of amides is 1. The summed E-state index contributed by atoms with van der Waals surface area (Å²) in [6.07, 6.45) is 5.58. The van der Waals surface area contributed by atoms with E-state index >= 15 is 0 Å². The first kappa shape index (κ1) is 21.5. The predicted octanol–water partition coefficient (Wildman–Crippen LogP) is 4.91. The SMILES string of the molecule is O=C(c1cc(Br)cc(COCC2(c3ccccc3)CCNCC2)c1)N1CCCCC1. The summed E-state index contributed by atoms with van der Waals surface area (Å²) in [7, 11) is 0. The standard InChI is InChI=1S/C25H31BrN2O2/c26-23-16-20(15-21(17-23)24(29)28-13-5-2-6-14-28)18-30-19-25(9-11-27-12-10-25)22-7-3-1-4-8-22/h1,3-4,7-8,15-17,27H,2,5-6,9-14,18-19H2. The van der Waals surface area contributed by atoms with Gasteiger partial charge in [0, 0.05) is 28.5 Å². The van der Waals surface area contributed by atoms with E-state index in [9.17, 15) is 4.79 Å². The van der Waals surface area contributed by atoms with Crippen LogP contribution < -0.4 is 5.32 Å². The highest BCUT2D eigenvalue weighted by atomic mass is 79.9. The number of carbonyl (C=O) groups is 1. The first-order valence-electron chi connectivity index (χ1n) is 11.1. The normalized spacial score (nSPS) is 18.9. The van der Waals surface area contributed by atoms with E-state index in [1.165, 1.54) is 12.0 Å². The molecule has 0 unspecified atom stereocenters. The largest absolute Gasteiger partial charge is 0.376 e. The molecule has 2 aromatic carbocycles. The Hall–Kier alpha value is -1.69. The van der Waals surface area contributed by atoms with Gasteiger partial charge in [-0.15, -0.1) is 0 Å². The highest BCUT2D eigenvalue weighted by Gasteiger charge is 2.34. The van der Waals surface area contributed by atoms with Crippen LogP contribution in [0.1, 0.15) is 53.6 Å². The maximum atomic E-state index is 12.9. The summed E-state index contributed by atoms with van der Waals surface area (Å²) in [6, 6.07) is 16.7. The maximum Gasteiger partial charge on any atom is 0.253 e. The van der Waals surface area contributed by atoms with Gasteiger partial charge in [0.15, 0.2) is 0 Å². The molecular formula is C25H31BrN2O2. The molecule has 0 atom stereocenters. The fraction of sp³-hybridized carbons (Fsp3) is 0.480. The van der Waals surface area contributed by atoms with E-state index in [0.717, 1.165) is 67.5 Å². The second kappa shape index (κ2) is 10.1. The van der Waals surface area contributed by atoms with Crippen LogP contribution in [0.25, 0.3) is 0 Å². The molecule has 2 heterocycles. The molecule has 0 spiro atoms.